The molecular weight excluding hydrogens is 364 g/mol. The van der Waals surface area contributed by atoms with Crippen LogP contribution in [0.5, 0.6) is 0 Å². The molecule has 148 valence electrons. The first-order valence-electron chi connectivity index (χ1n) is 10.2. The summed E-state index contributed by atoms with van der Waals surface area (Å²) in [6, 6.07) is 8.05. The molecule has 0 aromatic carbocycles. The van der Waals surface area contributed by atoms with Gasteiger partial charge in [-0.25, -0.2) is 14.5 Å². The first-order chi connectivity index (χ1) is 14.3. The van der Waals surface area contributed by atoms with E-state index in [9.17, 15) is 5.26 Å². The fourth-order valence-corrected chi connectivity index (χ4v) is 4.39. The topological polar surface area (TPSA) is 85.4 Å². The molecule has 1 atom stereocenters. The number of anilines is 2. The van der Waals surface area contributed by atoms with Gasteiger partial charge in [0.15, 0.2) is 0 Å². The van der Waals surface area contributed by atoms with Gasteiger partial charge in [-0.05, 0) is 24.6 Å². The van der Waals surface area contributed by atoms with E-state index < -0.39 is 0 Å². The van der Waals surface area contributed by atoms with Gasteiger partial charge in [-0.2, -0.15) is 10.4 Å². The number of hydrogen-bond donors (Lipinski definition) is 1. The predicted molar refractivity (Wildman–Crippen MR) is 111 cm³/mol. The minimum atomic E-state index is 0.349. The number of nitrogens with one attached hydrogen (secondary N) is 1. The van der Waals surface area contributed by atoms with Crippen molar-refractivity contribution in [2.24, 2.45) is 0 Å². The van der Waals surface area contributed by atoms with Crippen LogP contribution < -0.4 is 15.1 Å². The monoisotopic (exact) mass is 388 g/mol. The van der Waals surface area contributed by atoms with Gasteiger partial charge in [0.25, 0.3) is 0 Å². The zero-order valence-corrected chi connectivity index (χ0v) is 16.5. The van der Waals surface area contributed by atoms with Crippen LogP contribution in [-0.4, -0.2) is 52.3 Å². The van der Waals surface area contributed by atoms with E-state index in [4.69, 9.17) is 9.97 Å². The van der Waals surface area contributed by atoms with Crippen molar-refractivity contribution in [3.05, 3.63) is 47.5 Å². The average molecular weight is 388 g/mol. The van der Waals surface area contributed by atoms with Gasteiger partial charge in [0.2, 0.25) is 5.95 Å². The van der Waals surface area contributed by atoms with Crippen LogP contribution in [0.4, 0.5) is 11.6 Å². The fourth-order valence-electron chi connectivity index (χ4n) is 4.39. The second-order valence-electron chi connectivity index (χ2n) is 7.65. The molecule has 5 rings (SSSR count). The van der Waals surface area contributed by atoms with E-state index in [-0.39, 0.29) is 0 Å². The lowest BCUT2D eigenvalue weighted by Crippen LogP contribution is -2.44. The highest BCUT2D eigenvalue weighted by Crippen LogP contribution is 2.34. The van der Waals surface area contributed by atoms with Crippen LogP contribution >= 0.6 is 0 Å². The highest BCUT2D eigenvalue weighted by molar-refractivity contribution is 5.74. The number of hydrogen-bond acceptors (Lipinski definition) is 7. The zero-order chi connectivity index (χ0) is 19.8. The van der Waals surface area contributed by atoms with Crippen LogP contribution in [0, 0.1) is 11.3 Å². The SMILES string of the molecule is CC[C@H]1CN(c2ccc(C#N)n3nccc23)Cc2cnc(N3CCNCC3)nc21. The molecule has 0 bridgehead atoms. The Balaban J connectivity index is 1.50. The number of pyridine rings is 1. The standard InChI is InChI=1S/C21H24N8/c1-2-15-13-28(18-4-3-17(11-22)29-19(18)5-6-25-29)14-16-12-24-21(26-20(15)16)27-9-7-23-8-10-27/h3-6,12,15,23H,2,7-10,13-14H2,1H3/t15-/m0/s1. The summed E-state index contributed by atoms with van der Waals surface area (Å²) < 4.78 is 1.72. The molecule has 1 fully saturated rings. The van der Waals surface area contributed by atoms with Crippen molar-refractivity contribution in [1.82, 2.24) is 24.9 Å². The first kappa shape index (κ1) is 17.9. The van der Waals surface area contributed by atoms with Crippen LogP contribution in [0.2, 0.25) is 0 Å². The molecule has 1 N–H and O–H groups in total. The van der Waals surface area contributed by atoms with Gasteiger partial charge in [0, 0.05) is 56.9 Å². The minimum Gasteiger partial charge on any atom is -0.365 e. The number of fused-ring (bicyclic) bond motifs is 2. The van der Waals surface area contributed by atoms with Crippen LogP contribution in [0.25, 0.3) is 5.52 Å². The summed E-state index contributed by atoms with van der Waals surface area (Å²) in [6.07, 6.45) is 4.77. The molecule has 0 radical (unpaired) electrons. The Hall–Kier alpha value is -3.18. The number of rotatable bonds is 3. The summed E-state index contributed by atoms with van der Waals surface area (Å²) in [4.78, 5) is 14.3. The lowest BCUT2D eigenvalue weighted by molar-refractivity contribution is 0.552. The minimum absolute atomic E-state index is 0.349. The van der Waals surface area contributed by atoms with Crippen molar-refractivity contribution in [3.8, 4) is 6.07 Å². The quantitative estimate of drug-likeness (QED) is 0.734. The van der Waals surface area contributed by atoms with Gasteiger partial charge < -0.3 is 15.1 Å². The molecule has 2 aliphatic heterocycles. The third-order valence-electron chi connectivity index (χ3n) is 5.95. The fraction of sp³-hybridized carbons (Fsp3) is 0.429. The largest absolute Gasteiger partial charge is 0.365 e. The third kappa shape index (κ3) is 3.08. The number of piperazine rings is 1. The number of aromatic nitrogens is 4. The highest BCUT2D eigenvalue weighted by atomic mass is 15.3. The summed E-state index contributed by atoms with van der Waals surface area (Å²) in [7, 11) is 0. The molecule has 0 spiro atoms. The van der Waals surface area contributed by atoms with E-state index in [1.807, 2.05) is 24.4 Å². The van der Waals surface area contributed by atoms with Crippen LogP contribution in [0.1, 0.15) is 36.2 Å². The van der Waals surface area contributed by atoms with Gasteiger partial charge in [0.05, 0.1) is 23.1 Å². The second-order valence-corrected chi connectivity index (χ2v) is 7.65. The molecule has 8 heteroatoms. The van der Waals surface area contributed by atoms with Crippen LogP contribution in [-0.2, 0) is 6.54 Å². The summed E-state index contributed by atoms with van der Waals surface area (Å²) in [6.45, 7) is 7.74. The van der Waals surface area contributed by atoms with Gasteiger partial charge >= 0.3 is 0 Å². The Labute approximate surface area is 169 Å². The lowest BCUT2D eigenvalue weighted by atomic mass is 9.93. The molecule has 0 aliphatic carbocycles. The Morgan fingerprint density at radius 2 is 2.07 bits per heavy atom. The molecule has 0 saturated carbocycles. The molecule has 2 aliphatic rings. The van der Waals surface area contributed by atoms with Crippen LogP contribution in [0.3, 0.4) is 0 Å². The Kier molecular flexibility index (Phi) is 4.52. The van der Waals surface area contributed by atoms with Crippen molar-refractivity contribution < 1.29 is 0 Å². The van der Waals surface area contributed by atoms with Crippen LogP contribution in [0.15, 0.2) is 30.6 Å². The average Bonchev–Trinajstić information content (AvgIpc) is 3.28. The van der Waals surface area contributed by atoms with E-state index in [2.05, 4.69) is 33.2 Å². The molecule has 29 heavy (non-hydrogen) atoms. The van der Waals surface area contributed by atoms with E-state index >= 15 is 0 Å². The van der Waals surface area contributed by atoms with E-state index in [1.165, 1.54) is 11.3 Å². The maximum absolute atomic E-state index is 9.35. The van der Waals surface area contributed by atoms with Gasteiger partial charge in [0.1, 0.15) is 11.8 Å². The normalized spacial score (nSPS) is 19.2. The van der Waals surface area contributed by atoms with Crippen molar-refractivity contribution in [2.45, 2.75) is 25.8 Å². The lowest BCUT2D eigenvalue weighted by Gasteiger charge is -2.36. The van der Waals surface area contributed by atoms with Crippen molar-refractivity contribution in [3.63, 3.8) is 0 Å². The molecule has 3 aromatic heterocycles. The first-order valence-corrected chi connectivity index (χ1v) is 10.2. The van der Waals surface area contributed by atoms with Gasteiger partial charge in [-0.15, -0.1) is 0 Å². The van der Waals surface area contributed by atoms with E-state index in [0.29, 0.717) is 11.6 Å². The zero-order valence-electron chi connectivity index (χ0n) is 16.5. The van der Waals surface area contributed by atoms with Gasteiger partial charge in [-0.1, -0.05) is 6.92 Å². The number of nitrogens with zero attached hydrogens (tertiary/aromatic N) is 7. The second kappa shape index (κ2) is 7.33. The Bertz CT molecular complexity index is 1080. The molecule has 8 nitrogen and oxygen atoms in total. The molecule has 0 unspecified atom stereocenters. The molecule has 5 heterocycles. The summed E-state index contributed by atoms with van der Waals surface area (Å²) in [5, 5.41) is 17.1. The van der Waals surface area contributed by atoms with Gasteiger partial charge in [-0.3, -0.25) is 0 Å². The van der Waals surface area contributed by atoms with E-state index in [0.717, 1.165) is 62.8 Å². The maximum Gasteiger partial charge on any atom is 0.225 e. The predicted octanol–water partition coefficient (Wildman–Crippen LogP) is 1.92. The summed E-state index contributed by atoms with van der Waals surface area (Å²) >= 11 is 0. The molecule has 0 amide bonds. The maximum atomic E-state index is 9.35. The number of nitriles is 1. The molecule has 1 saturated heterocycles. The molecular formula is C21H24N8. The summed E-state index contributed by atoms with van der Waals surface area (Å²) in [5.41, 5.74) is 4.97. The third-order valence-corrected chi connectivity index (χ3v) is 5.95. The van der Waals surface area contributed by atoms with E-state index in [1.54, 1.807) is 10.7 Å². The van der Waals surface area contributed by atoms with Crippen molar-refractivity contribution in [1.29, 1.82) is 5.26 Å². The van der Waals surface area contributed by atoms with Crippen molar-refractivity contribution >= 4 is 17.2 Å². The van der Waals surface area contributed by atoms with Crippen molar-refractivity contribution in [2.75, 3.05) is 42.5 Å². The Morgan fingerprint density at radius 1 is 1.21 bits per heavy atom. The highest BCUT2D eigenvalue weighted by Gasteiger charge is 2.28. The smallest absolute Gasteiger partial charge is 0.225 e. The summed E-state index contributed by atoms with van der Waals surface area (Å²) in [5.74, 6) is 1.20. The Morgan fingerprint density at radius 3 is 2.86 bits per heavy atom. The molecule has 3 aromatic rings.